The van der Waals surface area contributed by atoms with Crippen LogP contribution in [0.15, 0.2) is 67.3 Å². The summed E-state index contributed by atoms with van der Waals surface area (Å²) in [6.45, 7) is 2.98. The average molecular weight is 491 g/mol. The van der Waals surface area contributed by atoms with Crippen molar-refractivity contribution in [3.8, 4) is 5.75 Å². The maximum atomic E-state index is 13.1. The van der Waals surface area contributed by atoms with Crippen LogP contribution >= 0.6 is 0 Å². The number of carbonyl (C=O) groups is 5. The number of carbonyl (C=O) groups excluding carboxylic acids is 5. The molecule has 0 saturated carbocycles. The zero-order valence-corrected chi connectivity index (χ0v) is 18.2. The Morgan fingerprint density at radius 3 is 2.26 bits per heavy atom. The standard InChI is InChI=1S/C24H20F3NO7/c1-2-20(30)34-12-11-28-23(33)35-17-10-6-9-16(13-17)19(29)14-18(22(32)24(25,26)27)21(31)15-7-4-3-5-8-15/h2-10,13,18H,1,11-12,14H2,(H,28,33). The van der Waals surface area contributed by atoms with Gasteiger partial charge in [0.1, 0.15) is 12.4 Å². The minimum Gasteiger partial charge on any atom is -0.461 e. The first-order valence-corrected chi connectivity index (χ1v) is 10.1. The fourth-order valence-electron chi connectivity index (χ4n) is 2.85. The summed E-state index contributed by atoms with van der Waals surface area (Å²) in [5, 5.41) is 2.28. The molecule has 1 unspecified atom stereocenters. The number of benzene rings is 2. The van der Waals surface area contributed by atoms with Gasteiger partial charge in [0.2, 0.25) is 5.78 Å². The zero-order chi connectivity index (χ0) is 26.0. The summed E-state index contributed by atoms with van der Waals surface area (Å²) >= 11 is 0. The smallest absolute Gasteiger partial charge is 0.450 e. The third-order valence-electron chi connectivity index (χ3n) is 4.51. The van der Waals surface area contributed by atoms with Crippen LogP contribution in [0.5, 0.6) is 5.75 Å². The van der Waals surface area contributed by atoms with E-state index >= 15 is 0 Å². The van der Waals surface area contributed by atoms with Gasteiger partial charge in [-0.1, -0.05) is 49.0 Å². The van der Waals surface area contributed by atoms with Gasteiger partial charge >= 0.3 is 18.2 Å². The Hall–Kier alpha value is -4.28. The summed E-state index contributed by atoms with van der Waals surface area (Å²) in [7, 11) is 0. The van der Waals surface area contributed by atoms with Crippen molar-refractivity contribution in [2.75, 3.05) is 13.2 Å². The number of alkyl halides is 3. The monoisotopic (exact) mass is 491 g/mol. The lowest BCUT2D eigenvalue weighted by Crippen LogP contribution is -2.36. The van der Waals surface area contributed by atoms with Crippen molar-refractivity contribution in [1.29, 1.82) is 0 Å². The number of rotatable bonds is 11. The highest BCUT2D eigenvalue weighted by Gasteiger charge is 2.47. The van der Waals surface area contributed by atoms with E-state index in [1.165, 1.54) is 48.5 Å². The average Bonchev–Trinajstić information content (AvgIpc) is 2.84. The Bertz CT molecular complexity index is 1110. The van der Waals surface area contributed by atoms with Crippen molar-refractivity contribution >= 4 is 29.4 Å². The number of amides is 1. The third kappa shape index (κ3) is 8.22. The maximum Gasteiger partial charge on any atom is 0.450 e. The van der Waals surface area contributed by atoms with Crippen molar-refractivity contribution in [1.82, 2.24) is 5.32 Å². The van der Waals surface area contributed by atoms with E-state index in [1.807, 2.05) is 0 Å². The predicted molar refractivity (Wildman–Crippen MR) is 116 cm³/mol. The molecule has 0 aliphatic heterocycles. The number of esters is 1. The Morgan fingerprint density at radius 1 is 0.971 bits per heavy atom. The van der Waals surface area contributed by atoms with Crippen LogP contribution in [0.3, 0.4) is 0 Å². The number of hydrogen-bond donors (Lipinski definition) is 1. The predicted octanol–water partition coefficient (Wildman–Crippen LogP) is 3.71. The van der Waals surface area contributed by atoms with Gasteiger partial charge in [-0.2, -0.15) is 13.2 Å². The topological polar surface area (TPSA) is 116 Å². The first-order chi connectivity index (χ1) is 16.5. The van der Waals surface area contributed by atoms with E-state index < -0.39 is 47.9 Å². The van der Waals surface area contributed by atoms with E-state index in [0.29, 0.717) is 0 Å². The molecular weight excluding hydrogens is 471 g/mol. The third-order valence-corrected chi connectivity index (χ3v) is 4.51. The van der Waals surface area contributed by atoms with Gasteiger partial charge in [0.15, 0.2) is 11.6 Å². The lowest BCUT2D eigenvalue weighted by molar-refractivity contribution is -0.173. The Balaban J connectivity index is 2.10. The van der Waals surface area contributed by atoms with E-state index in [9.17, 15) is 37.1 Å². The number of Topliss-reactive ketones (excluding diaryl/α,β-unsaturated/α-hetero) is 3. The molecule has 8 nitrogen and oxygen atoms in total. The van der Waals surface area contributed by atoms with Gasteiger partial charge < -0.3 is 14.8 Å². The molecule has 184 valence electrons. The second-order valence-electron chi connectivity index (χ2n) is 6.99. The molecule has 35 heavy (non-hydrogen) atoms. The lowest BCUT2D eigenvalue weighted by atomic mass is 9.87. The molecular formula is C24H20F3NO7. The highest BCUT2D eigenvalue weighted by Crippen LogP contribution is 2.27. The molecule has 0 saturated heterocycles. The van der Waals surface area contributed by atoms with Gasteiger partial charge in [0, 0.05) is 23.6 Å². The minimum atomic E-state index is -5.32. The molecule has 1 atom stereocenters. The van der Waals surface area contributed by atoms with Crippen LogP contribution in [-0.4, -0.2) is 48.7 Å². The van der Waals surface area contributed by atoms with Gasteiger partial charge in [-0.25, -0.2) is 9.59 Å². The summed E-state index contributed by atoms with van der Waals surface area (Å²) in [6.07, 6.45) is -6.36. The van der Waals surface area contributed by atoms with E-state index in [-0.39, 0.29) is 30.0 Å². The molecule has 0 aliphatic rings. The Kier molecular flexibility index (Phi) is 9.44. The van der Waals surface area contributed by atoms with Gasteiger partial charge in [-0.05, 0) is 12.1 Å². The van der Waals surface area contributed by atoms with Crippen LogP contribution in [0.2, 0.25) is 0 Å². The fraction of sp³-hybridized carbons (Fsp3) is 0.208. The van der Waals surface area contributed by atoms with Crippen LogP contribution in [0.1, 0.15) is 27.1 Å². The van der Waals surface area contributed by atoms with Crippen LogP contribution in [0, 0.1) is 5.92 Å². The molecule has 0 heterocycles. The van der Waals surface area contributed by atoms with Crippen molar-refractivity contribution in [2.24, 2.45) is 5.92 Å². The first kappa shape index (κ1) is 27.0. The number of hydrogen-bond acceptors (Lipinski definition) is 7. The van der Waals surface area contributed by atoms with Crippen LogP contribution in [0.25, 0.3) is 0 Å². The maximum absolute atomic E-state index is 13.1. The molecule has 0 fully saturated rings. The van der Waals surface area contributed by atoms with Crippen molar-refractivity contribution in [3.63, 3.8) is 0 Å². The largest absolute Gasteiger partial charge is 0.461 e. The van der Waals surface area contributed by atoms with E-state index in [2.05, 4.69) is 16.6 Å². The minimum absolute atomic E-state index is 0.0835. The quantitative estimate of drug-likeness (QED) is 0.168. The highest BCUT2D eigenvalue weighted by molar-refractivity contribution is 6.15. The highest BCUT2D eigenvalue weighted by atomic mass is 19.4. The molecule has 1 N–H and O–H groups in total. The SMILES string of the molecule is C=CC(=O)OCCNC(=O)Oc1cccc(C(=O)CC(C(=O)c2ccccc2)C(=O)C(F)(F)F)c1. The molecule has 0 radical (unpaired) electrons. The molecule has 2 aromatic rings. The molecule has 0 bridgehead atoms. The number of ether oxygens (including phenoxy) is 2. The Morgan fingerprint density at radius 2 is 1.63 bits per heavy atom. The van der Waals surface area contributed by atoms with Crippen LogP contribution in [0.4, 0.5) is 18.0 Å². The van der Waals surface area contributed by atoms with E-state index in [0.717, 1.165) is 12.1 Å². The molecule has 11 heteroatoms. The number of halogens is 3. The summed E-state index contributed by atoms with van der Waals surface area (Å²) in [6, 6.07) is 11.8. The Labute approximate surface area is 197 Å². The molecule has 0 aliphatic carbocycles. The van der Waals surface area contributed by atoms with E-state index in [4.69, 9.17) is 4.74 Å². The summed E-state index contributed by atoms with van der Waals surface area (Å²) in [5.74, 6) is -7.46. The van der Waals surface area contributed by atoms with Crippen LogP contribution < -0.4 is 10.1 Å². The molecule has 0 aromatic heterocycles. The molecule has 1 amide bonds. The molecule has 2 rings (SSSR count). The first-order valence-electron chi connectivity index (χ1n) is 10.1. The summed E-state index contributed by atoms with van der Waals surface area (Å²) in [5.41, 5.74) is -0.313. The lowest BCUT2D eigenvalue weighted by Gasteiger charge is -2.16. The molecule has 2 aromatic carbocycles. The van der Waals surface area contributed by atoms with Crippen molar-refractivity contribution in [2.45, 2.75) is 12.6 Å². The fourth-order valence-corrected chi connectivity index (χ4v) is 2.85. The normalized spacial score (nSPS) is 11.6. The van der Waals surface area contributed by atoms with Gasteiger partial charge in [0.25, 0.3) is 0 Å². The zero-order valence-electron chi connectivity index (χ0n) is 18.2. The van der Waals surface area contributed by atoms with Crippen molar-refractivity contribution in [3.05, 3.63) is 78.4 Å². The van der Waals surface area contributed by atoms with Gasteiger partial charge in [-0.15, -0.1) is 0 Å². The van der Waals surface area contributed by atoms with E-state index in [1.54, 1.807) is 0 Å². The van der Waals surface area contributed by atoms with Gasteiger partial charge in [-0.3, -0.25) is 14.4 Å². The van der Waals surface area contributed by atoms with Gasteiger partial charge in [0.05, 0.1) is 12.5 Å². The summed E-state index contributed by atoms with van der Waals surface area (Å²) in [4.78, 5) is 60.0. The molecule has 0 spiro atoms. The van der Waals surface area contributed by atoms with Crippen LogP contribution in [-0.2, 0) is 14.3 Å². The number of nitrogens with one attached hydrogen (secondary N) is 1. The number of ketones is 3. The second kappa shape index (κ2) is 12.3. The second-order valence-corrected chi connectivity index (χ2v) is 6.99. The summed E-state index contributed by atoms with van der Waals surface area (Å²) < 4.78 is 49.0. The van der Waals surface area contributed by atoms with Crippen molar-refractivity contribution < 1.29 is 46.6 Å².